The Kier molecular flexibility index (Phi) is 4.70. The lowest BCUT2D eigenvalue weighted by molar-refractivity contribution is 0.306. The first-order valence-corrected chi connectivity index (χ1v) is 6.72. The van der Waals surface area contributed by atoms with Crippen LogP contribution in [0.15, 0.2) is 36.4 Å². The highest BCUT2D eigenvalue weighted by atomic mass is 35.5. The zero-order valence-corrected chi connectivity index (χ0v) is 12.1. The van der Waals surface area contributed by atoms with Gasteiger partial charge in [-0.2, -0.15) is 0 Å². The van der Waals surface area contributed by atoms with Crippen molar-refractivity contribution in [3.63, 3.8) is 0 Å². The number of halogens is 2. The molecule has 0 saturated heterocycles. The van der Waals surface area contributed by atoms with Crippen molar-refractivity contribution in [3.05, 3.63) is 63.1 Å². The van der Waals surface area contributed by atoms with Gasteiger partial charge in [0.15, 0.2) is 0 Å². The molecule has 0 aliphatic rings. The van der Waals surface area contributed by atoms with Gasteiger partial charge < -0.3 is 10.5 Å². The van der Waals surface area contributed by atoms with Gasteiger partial charge in [0.1, 0.15) is 12.4 Å². The maximum Gasteiger partial charge on any atom is 0.138 e. The number of rotatable bonds is 4. The van der Waals surface area contributed by atoms with Crippen LogP contribution in [0, 0.1) is 6.92 Å². The monoisotopic (exact) mass is 295 g/mol. The second kappa shape index (κ2) is 6.29. The lowest BCUT2D eigenvalue weighted by Gasteiger charge is -2.10. The molecule has 2 aromatic carbocycles. The Bertz CT molecular complexity index is 584. The Labute approximate surface area is 123 Å². The summed E-state index contributed by atoms with van der Waals surface area (Å²) >= 11 is 12.3. The third-order valence-electron chi connectivity index (χ3n) is 2.82. The maximum absolute atomic E-state index is 6.15. The number of benzene rings is 2. The van der Waals surface area contributed by atoms with Crippen molar-refractivity contribution in [1.29, 1.82) is 0 Å². The molecule has 2 N–H and O–H groups in total. The molecule has 0 atom stereocenters. The van der Waals surface area contributed by atoms with Crippen LogP contribution < -0.4 is 10.5 Å². The highest BCUT2D eigenvalue weighted by Crippen LogP contribution is 2.27. The van der Waals surface area contributed by atoms with E-state index in [2.05, 4.69) is 0 Å². The quantitative estimate of drug-likeness (QED) is 0.911. The second-order valence-corrected chi connectivity index (χ2v) is 5.17. The molecule has 0 aliphatic heterocycles. The van der Waals surface area contributed by atoms with Crippen LogP contribution in [0.3, 0.4) is 0 Å². The molecule has 0 heterocycles. The van der Waals surface area contributed by atoms with E-state index < -0.39 is 0 Å². The molecule has 0 saturated carbocycles. The van der Waals surface area contributed by atoms with E-state index in [4.69, 9.17) is 33.7 Å². The zero-order valence-electron chi connectivity index (χ0n) is 10.6. The molecule has 19 heavy (non-hydrogen) atoms. The van der Waals surface area contributed by atoms with Crippen LogP contribution >= 0.6 is 23.2 Å². The first kappa shape index (κ1) is 14.2. The fraction of sp³-hybridized carbons (Fsp3) is 0.200. The van der Waals surface area contributed by atoms with Crippen molar-refractivity contribution < 1.29 is 4.74 Å². The maximum atomic E-state index is 6.15. The summed E-state index contributed by atoms with van der Waals surface area (Å²) in [6.07, 6.45) is 0. The van der Waals surface area contributed by atoms with Crippen molar-refractivity contribution in [3.8, 4) is 5.75 Å². The fourth-order valence-corrected chi connectivity index (χ4v) is 2.26. The van der Waals surface area contributed by atoms with Gasteiger partial charge in [-0.25, -0.2) is 0 Å². The lowest BCUT2D eigenvalue weighted by atomic mass is 10.1. The summed E-state index contributed by atoms with van der Waals surface area (Å²) in [5.41, 5.74) is 8.59. The molecular weight excluding hydrogens is 281 g/mol. The second-order valence-electron chi connectivity index (χ2n) is 4.35. The van der Waals surface area contributed by atoms with Crippen molar-refractivity contribution >= 4 is 23.2 Å². The third-order valence-corrected chi connectivity index (χ3v) is 3.47. The Morgan fingerprint density at radius 1 is 1.05 bits per heavy atom. The van der Waals surface area contributed by atoms with Crippen LogP contribution in [0.4, 0.5) is 0 Å². The van der Waals surface area contributed by atoms with Crippen LogP contribution in [0.25, 0.3) is 0 Å². The minimum atomic E-state index is 0.390. The van der Waals surface area contributed by atoms with Crippen molar-refractivity contribution in [2.45, 2.75) is 20.1 Å². The number of aryl methyl sites for hydroxylation is 1. The average molecular weight is 296 g/mol. The van der Waals surface area contributed by atoms with E-state index in [9.17, 15) is 0 Å². The number of hydrogen-bond donors (Lipinski definition) is 1. The zero-order chi connectivity index (χ0) is 13.8. The topological polar surface area (TPSA) is 35.2 Å². The minimum absolute atomic E-state index is 0.390. The first-order chi connectivity index (χ1) is 9.10. The summed E-state index contributed by atoms with van der Waals surface area (Å²) < 4.78 is 5.69. The van der Waals surface area contributed by atoms with Gasteiger partial charge in [-0.05, 0) is 36.2 Å². The molecule has 0 radical (unpaired) electrons. The van der Waals surface area contributed by atoms with E-state index in [1.165, 1.54) is 0 Å². The van der Waals surface area contributed by atoms with Gasteiger partial charge in [0.05, 0.1) is 5.02 Å². The molecule has 4 heteroatoms. The molecule has 0 fully saturated rings. The predicted molar refractivity (Wildman–Crippen MR) is 79.9 cm³/mol. The summed E-state index contributed by atoms with van der Waals surface area (Å²) in [5.74, 6) is 0.635. The van der Waals surface area contributed by atoms with Crippen LogP contribution in [-0.2, 0) is 13.2 Å². The van der Waals surface area contributed by atoms with Crippen LogP contribution in [-0.4, -0.2) is 0 Å². The number of nitrogens with two attached hydrogens (primary N) is 1. The van der Waals surface area contributed by atoms with Gasteiger partial charge in [0.25, 0.3) is 0 Å². The highest BCUT2D eigenvalue weighted by molar-refractivity contribution is 6.32. The lowest BCUT2D eigenvalue weighted by Crippen LogP contribution is -1.99. The van der Waals surface area contributed by atoms with Crippen LogP contribution in [0.1, 0.15) is 16.7 Å². The molecule has 0 aliphatic carbocycles. The van der Waals surface area contributed by atoms with Gasteiger partial charge in [-0.1, -0.05) is 41.4 Å². The number of hydrogen-bond acceptors (Lipinski definition) is 2. The molecule has 2 aromatic rings. The number of ether oxygens (including phenoxy) is 1. The van der Waals surface area contributed by atoms with E-state index in [1.807, 2.05) is 43.3 Å². The van der Waals surface area contributed by atoms with Crippen molar-refractivity contribution in [1.82, 2.24) is 0 Å². The molecule has 100 valence electrons. The van der Waals surface area contributed by atoms with Crippen molar-refractivity contribution in [2.75, 3.05) is 0 Å². The molecule has 0 aromatic heterocycles. The van der Waals surface area contributed by atoms with E-state index in [0.717, 1.165) is 16.7 Å². The molecule has 2 nitrogen and oxygen atoms in total. The summed E-state index contributed by atoms with van der Waals surface area (Å²) in [6.45, 7) is 2.85. The van der Waals surface area contributed by atoms with Gasteiger partial charge in [-0.3, -0.25) is 0 Å². The van der Waals surface area contributed by atoms with Crippen LogP contribution in [0.2, 0.25) is 10.0 Å². The Hall–Kier alpha value is -1.22. The molecule has 0 bridgehead atoms. The Morgan fingerprint density at radius 2 is 1.84 bits per heavy atom. The van der Waals surface area contributed by atoms with E-state index in [-0.39, 0.29) is 0 Å². The standard InChI is InChI=1S/C15H15Cl2NO/c1-10-2-4-12(13(16)6-10)9-19-15-5-3-11(8-18)7-14(15)17/h2-7H,8-9,18H2,1H3. The average Bonchev–Trinajstić information content (AvgIpc) is 2.39. The molecule has 0 unspecified atom stereocenters. The van der Waals surface area contributed by atoms with Gasteiger partial charge in [0, 0.05) is 17.1 Å². The highest BCUT2D eigenvalue weighted by Gasteiger charge is 2.05. The first-order valence-electron chi connectivity index (χ1n) is 5.96. The Morgan fingerprint density at radius 3 is 2.47 bits per heavy atom. The predicted octanol–water partition coefficient (Wildman–Crippen LogP) is 4.34. The van der Waals surface area contributed by atoms with Gasteiger partial charge >= 0.3 is 0 Å². The van der Waals surface area contributed by atoms with Crippen molar-refractivity contribution in [2.24, 2.45) is 5.73 Å². The van der Waals surface area contributed by atoms with Crippen LogP contribution in [0.5, 0.6) is 5.75 Å². The molecule has 0 amide bonds. The SMILES string of the molecule is Cc1ccc(COc2ccc(CN)cc2Cl)c(Cl)c1. The van der Waals surface area contributed by atoms with E-state index in [0.29, 0.717) is 28.9 Å². The van der Waals surface area contributed by atoms with E-state index >= 15 is 0 Å². The molecular formula is C15H15Cl2NO. The van der Waals surface area contributed by atoms with Gasteiger partial charge in [-0.15, -0.1) is 0 Å². The smallest absolute Gasteiger partial charge is 0.138 e. The summed E-state index contributed by atoms with van der Waals surface area (Å²) in [6, 6.07) is 11.4. The molecule has 0 spiro atoms. The summed E-state index contributed by atoms with van der Waals surface area (Å²) in [7, 11) is 0. The summed E-state index contributed by atoms with van der Waals surface area (Å²) in [5, 5.41) is 1.26. The normalized spacial score (nSPS) is 10.5. The van der Waals surface area contributed by atoms with Gasteiger partial charge in [0.2, 0.25) is 0 Å². The Balaban J connectivity index is 2.10. The minimum Gasteiger partial charge on any atom is -0.487 e. The fourth-order valence-electron chi connectivity index (χ4n) is 1.71. The van der Waals surface area contributed by atoms with E-state index in [1.54, 1.807) is 0 Å². The third kappa shape index (κ3) is 3.63. The summed E-state index contributed by atoms with van der Waals surface area (Å²) in [4.78, 5) is 0. The molecule has 2 rings (SSSR count). The largest absolute Gasteiger partial charge is 0.487 e.